The number of rotatable bonds is 7. The van der Waals surface area contributed by atoms with Crippen LogP contribution >= 0.6 is 11.3 Å². The predicted molar refractivity (Wildman–Crippen MR) is 162 cm³/mol. The van der Waals surface area contributed by atoms with E-state index in [2.05, 4.69) is 15.2 Å². The Bertz CT molecular complexity index is 1650. The number of anilines is 3. The van der Waals surface area contributed by atoms with Crippen LogP contribution in [-0.4, -0.2) is 42.2 Å². The van der Waals surface area contributed by atoms with E-state index in [0.717, 1.165) is 64.7 Å². The second kappa shape index (κ2) is 10.6. The molecule has 3 aliphatic rings. The van der Waals surface area contributed by atoms with Crippen molar-refractivity contribution < 1.29 is 14.4 Å². The van der Waals surface area contributed by atoms with Gasteiger partial charge in [-0.2, -0.15) is 0 Å². The molecule has 0 unspecified atom stereocenters. The molecule has 8 heteroatoms. The van der Waals surface area contributed by atoms with Gasteiger partial charge in [0.25, 0.3) is 11.8 Å². The molecule has 0 atom stereocenters. The van der Waals surface area contributed by atoms with Gasteiger partial charge in [0.15, 0.2) is 5.78 Å². The number of Topliss-reactive ketones (excluding diaryl/α,β-unsaturated/α-hetero) is 1. The molecule has 2 aliphatic heterocycles. The summed E-state index contributed by atoms with van der Waals surface area (Å²) in [6.07, 6.45) is 6.45. The molecule has 2 amide bonds. The molecule has 41 heavy (non-hydrogen) atoms. The number of aromatic nitrogens is 1. The van der Waals surface area contributed by atoms with E-state index in [1.54, 1.807) is 47.9 Å². The van der Waals surface area contributed by atoms with E-state index >= 15 is 0 Å². The zero-order chi connectivity index (χ0) is 27.9. The number of benzene rings is 2. The average molecular weight is 563 g/mol. The Labute approximate surface area is 242 Å². The number of nitrogens with zero attached hydrogens (tertiary/aromatic N) is 3. The zero-order valence-electron chi connectivity index (χ0n) is 22.6. The fourth-order valence-corrected chi connectivity index (χ4v) is 6.66. The molecule has 1 saturated carbocycles. The number of fused-ring (bicyclic) bond motifs is 3. The highest BCUT2D eigenvalue weighted by Crippen LogP contribution is 2.43. The van der Waals surface area contributed by atoms with E-state index < -0.39 is 0 Å². The van der Waals surface area contributed by atoms with Gasteiger partial charge >= 0.3 is 0 Å². The van der Waals surface area contributed by atoms with E-state index in [-0.39, 0.29) is 17.6 Å². The number of ketones is 1. The van der Waals surface area contributed by atoms with Crippen molar-refractivity contribution in [3.05, 3.63) is 94.5 Å². The molecule has 2 aromatic heterocycles. The normalized spacial score (nSPS) is 15.8. The highest BCUT2D eigenvalue weighted by atomic mass is 32.1. The molecule has 7 nitrogen and oxygen atoms in total. The topological polar surface area (TPSA) is 82.6 Å². The Morgan fingerprint density at radius 3 is 2.49 bits per heavy atom. The van der Waals surface area contributed by atoms with Gasteiger partial charge in [0, 0.05) is 59.5 Å². The monoisotopic (exact) mass is 562 g/mol. The van der Waals surface area contributed by atoms with Crippen molar-refractivity contribution in [2.45, 2.75) is 32.1 Å². The van der Waals surface area contributed by atoms with Crippen molar-refractivity contribution >= 4 is 46.1 Å². The van der Waals surface area contributed by atoms with E-state index in [0.29, 0.717) is 42.1 Å². The number of amides is 2. The van der Waals surface area contributed by atoms with Crippen LogP contribution in [0.15, 0.2) is 72.9 Å². The number of nitrogens with one attached hydrogen (secondary N) is 1. The lowest BCUT2D eigenvalue weighted by Crippen LogP contribution is -2.37. The number of pyridine rings is 1. The molecule has 0 spiro atoms. The first kappa shape index (κ1) is 25.7. The Balaban J connectivity index is 1.08. The zero-order valence-corrected chi connectivity index (χ0v) is 23.5. The number of carbonyl (C=O) groups excluding carboxylic acids is 3. The molecule has 1 aliphatic carbocycles. The summed E-state index contributed by atoms with van der Waals surface area (Å²) >= 11 is 1.56. The summed E-state index contributed by atoms with van der Waals surface area (Å²) in [5.74, 6) is 1.31. The molecule has 2 aromatic carbocycles. The molecule has 2 fully saturated rings. The molecular weight excluding hydrogens is 532 g/mol. The first-order chi connectivity index (χ1) is 20.0. The Hall–Kier alpha value is -4.30. The molecule has 4 heterocycles. The molecule has 4 aromatic rings. The van der Waals surface area contributed by atoms with Crippen molar-refractivity contribution in [2.75, 3.05) is 34.8 Å². The van der Waals surface area contributed by atoms with Crippen LogP contribution in [0.5, 0.6) is 0 Å². The van der Waals surface area contributed by atoms with E-state index in [4.69, 9.17) is 0 Å². The predicted octanol–water partition coefficient (Wildman–Crippen LogP) is 6.46. The van der Waals surface area contributed by atoms with E-state index in [1.807, 2.05) is 41.3 Å². The van der Waals surface area contributed by atoms with Gasteiger partial charge in [-0.3, -0.25) is 14.4 Å². The maximum Gasteiger partial charge on any atom is 0.258 e. The standard InChI is InChI=1S/C33H30N4O3S/c38-28(18-21-6-7-21)29-19-23-13-17-37(27-5-2-1-4-26(27)31(23)41-29)33(40)22-8-10-25(11-9-22)35-32(39)24-12-14-34-30(20-24)36-15-3-16-36/h1-2,4-5,8-12,14,19-21H,3,6-7,13,15-18H2,(H,35,39). The SMILES string of the molecule is O=C(Nc1ccc(C(=O)N2CCc3cc(C(=O)CC4CC4)sc3-c3ccccc32)cc1)c1ccnc(N2CCC2)c1. The average Bonchev–Trinajstić information content (AvgIpc) is 3.71. The number of hydrogen-bond donors (Lipinski definition) is 1. The highest BCUT2D eigenvalue weighted by Gasteiger charge is 2.30. The summed E-state index contributed by atoms with van der Waals surface area (Å²) in [5, 5.41) is 2.93. The van der Waals surface area contributed by atoms with Crippen LogP contribution in [-0.2, 0) is 6.42 Å². The number of para-hydroxylation sites is 1. The molecule has 7 rings (SSSR count). The number of thiophene rings is 1. The lowest BCUT2D eigenvalue weighted by Gasteiger charge is -2.32. The van der Waals surface area contributed by atoms with Crippen molar-refractivity contribution in [3.63, 3.8) is 0 Å². The third-order valence-corrected chi connectivity index (χ3v) is 9.37. The van der Waals surface area contributed by atoms with Crippen molar-refractivity contribution in [3.8, 4) is 10.4 Å². The third-order valence-electron chi connectivity index (χ3n) is 8.12. The van der Waals surface area contributed by atoms with Gasteiger partial charge in [-0.1, -0.05) is 18.2 Å². The summed E-state index contributed by atoms with van der Waals surface area (Å²) in [4.78, 5) is 49.7. The largest absolute Gasteiger partial charge is 0.356 e. The molecule has 206 valence electrons. The molecule has 1 saturated heterocycles. The Morgan fingerprint density at radius 2 is 1.73 bits per heavy atom. The van der Waals surface area contributed by atoms with Crippen LogP contribution < -0.4 is 15.1 Å². The van der Waals surface area contributed by atoms with Crippen molar-refractivity contribution in [2.24, 2.45) is 5.92 Å². The minimum absolute atomic E-state index is 0.0937. The molecule has 1 N–H and O–H groups in total. The maximum atomic E-state index is 13.8. The first-order valence-corrected chi connectivity index (χ1v) is 15.0. The van der Waals surface area contributed by atoms with Crippen LogP contribution in [0, 0.1) is 5.92 Å². The number of carbonyl (C=O) groups is 3. The van der Waals surface area contributed by atoms with Crippen LogP contribution in [0.1, 0.15) is 61.6 Å². The smallest absolute Gasteiger partial charge is 0.258 e. The minimum Gasteiger partial charge on any atom is -0.356 e. The van der Waals surface area contributed by atoms with Crippen LogP contribution in [0.2, 0.25) is 0 Å². The fourth-order valence-electron chi connectivity index (χ4n) is 5.46. The third kappa shape index (κ3) is 5.15. The lowest BCUT2D eigenvalue weighted by molar-refractivity contribution is 0.0974. The lowest BCUT2D eigenvalue weighted by atomic mass is 10.1. The van der Waals surface area contributed by atoms with E-state index in [9.17, 15) is 14.4 Å². The first-order valence-electron chi connectivity index (χ1n) is 14.2. The van der Waals surface area contributed by atoms with Gasteiger partial charge in [-0.05, 0) is 85.7 Å². The van der Waals surface area contributed by atoms with Gasteiger partial charge < -0.3 is 15.1 Å². The van der Waals surface area contributed by atoms with E-state index in [1.165, 1.54) is 0 Å². The maximum absolute atomic E-state index is 13.8. The Morgan fingerprint density at radius 1 is 0.927 bits per heavy atom. The van der Waals surface area contributed by atoms with Crippen LogP contribution in [0.4, 0.5) is 17.2 Å². The van der Waals surface area contributed by atoms with Gasteiger partial charge in [0.05, 0.1) is 10.6 Å². The van der Waals surface area contributed by atoms with Crippen molar-refractivity contribution in [1.29, 1.82) is 0 Å². The van der Waals surface area contributed by atoms with Crippen LogP contribution in [0.25, 0.3) is 10.4 Å². The second-order valence-corrected chi connectivity index (χ2v) is 12.1. The molecule has 0 bridgehead atoms. The highest BCUT2D eigenvalue weighted by molar-refractivity contribution is 7.17. The molecule has 0 radical (unpaired) electrons. The van der Waals surface area contributed by atoms with Gasteiger partial charge in [-0.15, -0.1) is 11.3 Å². The van der Waals surface area contributed by atoms with Crippen molar-refractivity contribution in [1.82, 2.24) is 4.98 Å². The quantitative estimate of drug-likeness (QED) is 0.262. The van der Waals surface area contributed by atoms with Gasteiger partial charge in [-0.25, -0.2) is 4.98 Å². The summed E-state index contributed by atoms with van der Waals surface area (Å²) in [6.45, 7) is 2.45. The Kier molecular flexibility index (Phi) is 6.63. The van der Waals surface area contributed by atoms with Gasteiger partial charge in [0.2, 0.25) is 0 Å². The summed E-state index contributed by atoms with van der Waals surface area (Å²) < 4.78 is 0. The second-order valence-electron chi connectivity index (χ2n) is 11.0. The number of hydrogen-bond acceptors (Lipinski definition) is 6. The van der Waals surface area contributed by atoms with Crippen LogP contribution in [0.3, 0.4) is 0 Å². The fraction of sp³-hybridized carbons (Fsp3) is 0.273. The van der Waals surface area contributed by atoms with Gasteiger partial charge in [0.1, 0.15) is 5.82 Å². The summed E-state index contributed by atoms with van der Waals surface area (Å²) in [5.41, 5.74) is 4.69. The summed E-state index contributed by atoms with van der Waals surface area (Å²) in [7, 11) is 0. The molecular formula is C33H30N4O3S. The minimum atomic E-state index is -0.212. The summed E-state index contributed by atoms with van der Waals surface area (Å²) in [6, 6.07) is 20.6.